The van der Waals surface area contributed by atoms with Crippen LogP contribution in [0.4, 0.5) is 5.69 Å². The fourth-order valence-corrected chi connectivity index (χ4v) is 3.73. The Balaban J connectivity index is 1.80. The van der Waals surface area contributed by atoms with Crippen molar-refractivity contribution in [1.29, 1.82) is 0 Å². The van der Waals surface area contributed by atoms with Gasteiger partial charge in [0.1, 0.15) is 0 Å². The van der Waals surface area contributed by atoms with Gasteiger partial charge in [0.05, 0.1) is 10.3 Å². The third kappa shape index (κ3) is 2.95. The summed E-state index contributed by atoms with van der Waals surface area (Å²) < 4.78 is 27.3. The fraction of sp³-hybridized carbons (Fsp3) is 0.278. The van der Waals surface area contributed by atoms with Crippen LogP contribution < -0.4 is 10.0 Å². The molecule has 0 unspecified atom stereocenters. The van der Waals surface area contributed by atoms with Crippen molar-refractivity contribution in [1.82, 2.24) is 4.72 Å². The molecule has 5 nitrogen and oxygen atoms in total. The first kappa shape index (κ1) is 16.7. The summed E-state index contributed by atoms with van der Waals surface area (Å²) in [6.07, 6.45) is 0. The quantitative estimate of drug-likeness (QED) is 0.895. The Morgan fingerprint density at radius 3 is 2.42 bits per heavy atom. The molecular formula is C18H20N2O3S. The van der Waals surface area contributed by atoms with Crippen molar-refractivity contribution in [2.24, 2.45) is 0 Å². The minimum absolute atomic E-state index is 0.0464. The molecule has 3 rings (SSSR count). The van der Waals surface area contributed by atoms with Crippen molar-refractivity contribution in [2.75, 3.05) is 5.32 Å². The van der Waals surface area contributed by atoms with Gasteiger partial charge < -0.3 is 5.32 Å². The molecule has 24 heavy (non-hydrogen) atoms. The van der Waals surface area contributed by atoms with E-state index in [2.05, 4.69) is 10.0 Å². The van der Waals surface area contributed by atoms with Gasteiger partial charge in [-0.1, -0.05) is 29.8 Å². The molecule has 0 saturated heterocycles. The largest absolute Gasteiger partial charge is 0.325 e. The minimum Gasteiger partial charge on any atom is -0.325 e. The van der Waals surface area contributed by atoms with Gasteiger partial charge in [0.25, 0.3) is 0 Å². The molecule has 126 valence electrons. The average Bonchev–Trinajstić information content (AvgIpc) is 2.76. The number of carbonyl (C=O) groups excluding carboxylic acids is 1. The van der Waals surface area contributed by atoms with Crippen LogP contribution in [0.2, 0.25) is 0 Å². The normalized spacial score (nSPS) is 15.9. The van der Waals surface area contributed by atoms with Crippen molar-refractivity contribution in [3.8, 4) is 0 Å². The molecule has 1 aliphatic heterocycles. The summed E-state index contributed by atoms with van der Waals surface area (Å²) in [5.74, 6) is -0.0464. The molecule has 1 heterocycles. The highest BCUT2D eigenvalue weighted by atomic mass is 32.2. The Morgan fingerprint density at radius 2 is 1.75 bits per heavy atom. The first-order valence-electron chi connectivity index (χ1n) is 7.71. The zero-order chi connectivity index (χ0) is 17.5. The van der Waals surface area contributed by atoms with Gasteiger partial charge in [-0.3, -0.25) is 4.79 Å². The fourth-order valence-electron chi connectivity index (χ4n) is 2.71. The summed E-state index contributed by atoms with van der Waals surface area (Å²) >= 11 is 0. The van der Waals surface area contributed by atoms with E-state index < -0.39 is 15.4 Å². The first-order chi connectivity index (χ1) is 11.2. The third-order valence-electron chi connectivity index (χ3n) is 4.37. The number of nitrogens with one attached hydrogen (secondary N) is 2. The molecule has 1 amide bonds. The zero-order valence-electron chi connectivity index (χ0n) is 13.9. The van der Waals surface area contributed by atoms with Gasteiger partial charge in [-0.15, -0.1) is 0 Å². The molecule has 0 atom stereocenters. The number of amides is 1. The lowest BCUT2D eigenvalue weighted by atomic mass is 9.85. The molecule has 0 radical (unpaired) electrons. The second kappa shape index (κ2) is 5.72. The molecule has 0 bridgehead atoms. The highest BCUT2D eigenvalue weighted by Crippen LogP contribution is 2.37. The van der Waals surface area contributed by atoms with Crippen molar-refractivity contribution in [2.45, 2.75) is 37.6 Å². The number of hydrogen-bond donors (Lipinski definition) is 2. The van der Waals surface area contributed by atoms with Gasteiger partial charge in [-0.25, -0.2) is 13.1 Å². The van der Waals surface area contributed by atoms with Crippen LogP contribution in [0.15, 0.2) is 47.4 Å². The molecule has 6 heteroatoms. The molecule has 0 fully saturated rings. The van der Waals surface area contributed by atoms with Gasteiger partial charge in [-0.05, 0) is 50.1 Å². The maximum atomic E-state index is 12.4. The highest BCUT2D eigenvalue weighted by molar-refractivity contribution is 7.89. The Kier molecular flexibility index (Phi) is 3.97. The van der Waals surface area contributed by atoms with Crippen LogP contribution >= 0.6 is 0 Å². The number of hydrogen-bond acceptors (Lipinski definition) is 3. The van der Waals surface area contributed by atoms with E-state index in [1.807, 2.05) is 39.0 Å². The van der Waals surface area contributed by atoms with Crippen LogP contribution in [0.5, 0.6) is 0 Å². The first-order valence-corrected chi connectivity index (χ1v) is 9.20. The zero-order valence-corrected chi connectivity index (χ0v) is 14.7. The van der Waals surface area contributed by atoms with Crippen LogP contribution in [0, 0.1) is 6.92 Å². The predicted octanol–water partition coefficient (Wildman–Crippen LogP) is 2.70. The molecule has 2 aromatic rings. The van der Waals surface area contributed by atoms with E-state index >= 15 is 0 Å². The maximum absolute atomic E-state index is 12.4. The summed E-state index contributed by atoms with van der Waals surface area (Å²) in [4.78, 5) is 12.2. The lowest BCUT2D eigenvalue weighted by Gasteiger charge is -2.16. The lowest BCUT2D eigenvalue weighted by Crippen LogP contribution is -2.27. The van der Waals surface area contributed by atoms with E-state index in [9.17, 15) is 13.2 Å². The molecular weight excluding hydrogens is 324 g/mol. The van der Waals surface area contributed by atoms with Crippen LogP contribution in [0.3, 0.4) is 0 Å². The van der Waals surface area contributed by atoms with E-state index in [0.717, 1.165) is 22.4 Å². The number of benzene rings is 2. The molecule has 0 spiro atoms. The molecule has 0 aromatic heterocycles. The SMILES string of the molecule is Cc1ccc(S(=O)(=O)NCc2ccc3c(c2)C(C)(C)C(=O)N3)cc1. The van der Waals surface area contributed by atoms with E-state index in [1.165, 1.54) is 0 Å². The molecule has 1 aliphatic rings. The predicted molar refractivity (Wildman–Crippen MR) is 93.3 cm³/mol. The Bertz CT molecular complexity index is 900. The van der Waals surface area contributed by atoms with E-state index in [4.69, 9.17) is 0 Å². The smallest absolute Gasteiger partial charge is 0.240 e. The monoisotopic (exact) mass is 344 g/mol. The Labute approximate surface area is 142 Å². The van der Waals surface area contributed by atoms with Crippen molar-refractivity contribution in [3.63, 3.8) is 0 Å². The van der Waals surface area contributed by atoms with E-state index in [1.54, 1.807) is 24.3 Å². The summed E-state index contributed by atoms with van der Waals surface area (Å²) in [6, 6.07) is 12.2. The van der Waals surface area contributed by atoms with Crippen molar-refractivity contribution in [3.05, 3.63) is 59.2 Å². The van der Waals surface area contributed by atoms with E-state index in [0.29, 0.717) is 0 Å². The van der Waals surface area contributed by atoms with Crippen molar-refractivity contribution >= 4 is 21.6 Å². The number of anilines is 1. The highest BCUT2D eigenvalue weighted by Gasteiger charge is 2.38. The minimum atomic E-state index is -3.56. The molecule has 0 aliphatic carbocycles. The molecule has 2 N–H and O–H groups in total. The second-order valence-corrected chi connectivity index (χ2v) is 8.36. The van der Waals surface area contributed by atoms with Crippen LogP contribution in [0.1, 0.15) is 30.5 Å². The summed E-state index contributed by atoms with van der Waals surface area (Å²) in [7, 11) is -3.56. The third-order valence-corrected chi connectivity index (χ3v) is 5.79. The van der Waals surface area contributed by atoms with Crippen LogP contribution in [-0.4, -0.2) is 14.3 Å². The number of sulfonamides is 1. The van der Waals surface area contributed by atoms with Gasteiger partial charge in [0.2, 0.25) is 15.9 Å². The standard InChI is InChI=1S/C18H20N2O3S/c1-12-4-7-14(8-5-12)24(22,23)19-11-13-6-9-16-15(10-13)18(2,3)17(21)20-16/h4-10,19H,11H2,1-3H3,(H,20,21). The van der Waals surface area contributed by atoms with E-state index in [-0.39, 0.29) is 17.3 Å². The number of carbonyl (C=O) groups is 1. The second-order valence-electron chi connectivity index (χ2n) is 6.60. The number of aryl methyl sites for hydroxylation is 1. The maximum Gasteiger partial charge on any atom is 0.240 e. The van der Waals surface area contributed by atoms with Crippen molar-refractivity contribution < 1.29 is 13.2 Å². The van der Waals surface area contributed by atoms with Crippen LogP contribution in [-0.2, 0) is 26.8 Å². The summed E-state index contributed by atoms with van der Waals surface area (Å²) in [5, 5.41) is 2.84. The topological polar surface area (TPSA) is 75.3 Å². The average molecular weight is 344 g/mol. The number of rotatable bonds is 4. The van der Waals surface area contributed by atoms with Crippen LogP contribution in [0.25, 0.3) is 0 Å². The van der Waals surface area contributed by atoms with Gasteiger partial charge in [0.15, 0.2) is 0 Å². The summed E-state index contributed by atoms with van der Waals surface area (Å²) in [6.45, 7) is 5.79. The lowest BCUT2D eigenvalue weighted by molar-refractivity contribution is -0.119. The van der Waals surface area contributed by atoms with Gasteiger partial charge in [0, 0.05) is 12.2 Å². The molecule has 0 saturated carbocycles. The number of fused-ring (bicyclic) bond motifs is 1. The molecule has 2 aromatic carbocycles. The Morgan fingerprint density at radius 1 is 1.08 bits per heavy atom. The van der Waals surface area contributed by atoms with Gasteiger partial charge in [-0.2, -0.15) is 0 Å². The van der Waals surface area contributed by atoms with Gasteiger partial charge >= 0.3 is 0 Å². The Hall–Kier alpha value is -2.18. The summed E-state index contributed by atoms with van der Waals surface area (Å²) in [5.41, 5.74) is 2.89.